The van der Waals surface area contributed by atoms with Crippen LogP contribution in [0.5, 0.6) is 5.75 Å². The van der Waals surface area contributed by atoms with Gasteiger partial charge in [-0.25, -0.2) is 4.39 Å². The van der Waals surface area contributed by atoms with E-state index in [2.05, 4.69) is 4.98 Å². The molecule has 1 saturated heterocycles. The molecule has 0 saturated carbocycles. The van der Waals surface area contributed by atoms with Crippen LogP contribution in [0, 0.1) is 18.7 Å². The zero-order valence-corrected chi connectivity index (χ0v) is 15.6. The van der Waals surface area contributed by atoms with E-state index in [-0.39, 0.29) is 33.7 Å². The van der Waals surface area contributed by atoms with Crippen LogP contribution in [0.2, 0.25) is 5.02 Å². The van der Waals surface area contributed by atoms with E-state index in [1.165, 1.54) is 24.4 Å². The maximum absolute atomic E-state index is 14.5. The molecule has 0 aliphatic carbocycles. The van der Waals surface area contributed by atoms with Crippen molar-refractivity contribution in [2.24, 2.45) is 11.7 Å². The molecule has 144 valence electrons. The van der Waals surface area contributed by atoms with Gasteiger partial charge in [-0.2, -0.15) is 0 Å². The maximum atomic E-state index is 14.5. The summed E-state index contributed by atoms with van der Waals surface area (Å²) in [5.74, 6) is -1.16. The molecule has 0 bridgehead atoms. The van der Waals surface area contributed by atoms with Crippen molar-refractivity contribution in [3.05, 3.63) is 62.3 Å². The lowest BCUT2D eigenvalue weighted by Gasteiger charge is -2.35. The van der Waals surface area contributed by atoms with Crippen molar-refractivity contribution in [2.45, 2.75) is 25.8 Å². The van der Waals surface area contributed by atoms with Crippen LogP contribution < -0.4 is 11.3 Å². The van der Waals surface area contributed by atoms with Gasteiger partial charge in [0.05, 0.1) is 10.6 Å². The molecule has 0 radical (unpaired) electrons. The molecule has 4 N–H and O–H groups in total. The number of aromatic nitrogens is 1. The number of nitrogens with two attached hydrogens (primary N) is 1. The van der Waals surface area contributed by atoms with Crippen LogP contribution in [0.4, 0.5) is 4.39 Å². The maximum Gasteiger partial charge on any atom is 0.255 e. The molecule has 1 atom stereocenters. The summed E-state index contributed by atoms with van der Waals surface area (Å²) in [6.07, 6.45) is 2.53. The number of H-pyrrole nitrogens is 1. The van der Waals surface area contributed by atoms with Crippen molar-refractivity contribution in [3.8, 4) is 5.75 Å². The highest BCUT2D eigenvalue weighted by Crippen LogP contribution is 2.38. The number of rotatable bonds is 3. The summed E-state index contributed by atoms with van der Waals surface area (Å²) in [5.41, 5.74) is 6.85. The Balaban J connectivity index is 1.70. The Morgan fingerprint density at radius 1 is 1.41 bits per heavy atom. The van der Waals surface area contributed by atoms with Gasteiger partial charge in [0.1, 0.15) is 5.75 Å². The minimum Gasteiger partial charge on any atom is -0.507 e. The summed E-state index contributed by atoms with van der Waals surface area (Å²) in [5, 5.41) is 10.1. The Bertz CT molecular complexity index is 903. The number of amides is 1. The van der Waals surface area contributed by atoms with Gasteiger partial charge in [0.25, 0.3) is 5.91 Å². The van der Waals surface area contributed by atoms with Gasteiger partial charge in [-0.05, 0) is 43.4 Å². The second-order valence-corrected chi connectivity index (χ2v) is 7.23. The molecule has 1 unspecified atom stereocenters. The van der Waals surface area contributed by atoms with Gasteiger partial charge in [0.15, 0.2) is 5.82 Å². The molecule has 1 amide bonds. The van der Waals surface area contributed by atoms with E-state index in [4.69, 9.17) is 17.3 Å². The summed E-state index contributed by atoms with van der Waals surface area (Å²) in [7, 11) is 0. The first-order valence-corrected chi connectivity index (χ1v) is 9.08. The monoisotopic (exact) mass is 393 g/mol. The zero-order chi connectivity index (χ0) is 19.7. The van der Waals surface area contributed by atoms with Gasteiger partial charge >= 0.3 is 0 Å². The van der Waals surface area contributed by atoms with Gasteiger partial charge in [0, 0.05) is 37.0 Å². The number of halogens is 2. The average Bonchev–Trinajstić information content (AvgIpc) is 2.66. The molecule has 2 heterocycles. The molecular formula is C19H21ClFN3O3. The Kier molecular flexibility index (Phi) is 5.53. The van der Waals surface area contributed by atoms with Gasteiger partial charge in [-0.3, -0.25) is 9.59 Å². The van der Waals surface area contributed by atoms with E-state index in [0.29, 0.717) is 37.1 Å². The summed E-state index contributed by atoms with van der Waals surface area (Å²) in [6.45, 7) is 2.53. The first-order valence-electron chi connectivity index (χ1n) is 8.70. The van der Waals surface area contributed by atoms with E-state index in [1.54, 1.807) is 11.8 Å². The number of hydrogen-bond acceptors (Lipinski definition) is 4. The molecule has 1 aliphatic heterocycles. The number of pyridine rings is 1. The minimum atomic E-state index is -0.714. The molecule has 6 nitrogen and oxygen atoms in total. The number of benzene rings is 1. The number of carbonyl (C=O) groups is 1. The molecule has 2 aromatic rings. The average molecular weight is 394 g/mol. The van der Waals surface area contributed by atoms with E-state index in [1.807, 2.05) is 0 Å². The van der Waals surface area contributed by atoms with Gasteiger partial charge in [-0.1, -0.05) is 11.6 Å². The van der Waals surface area contributed by atoms with E-state index < -0.39 is 11.9 Å². The normalized spacial score (nSPS) is 16.4. The summed E-state index contributed by atoms with van der Waals surface area (Å²) < 4.78 is 14.5. The molecule has 27 heavy (non-hydrogen) atoms. The highest BCUT2D eigenvalue weighted by atomic mass is 35.5. The topological polar surface area (TPSA) is 99.4 Å². The Labute approximate surface area is 160 Å². The van der Waals surface area contributed by atoms with Crippen LogP contribution in [0.25, 0.3) is 0 Å². The third kappa shape index (κ3) is 3.84. The molecule has 3 rings (SSSR count). The smallest absolute Gasteiger partial charge is 0.255 e. The minimum absolute atomic E-state index is 0.0241. The van der Waals surface area contributed by atoms with Gasteiger partial charge in [0.2, 0.25) is 5.56 Å². The molecule has 8 heteroatoms. The van der Waals surface area contributed by atoms with E-state index in [9.17, 15) is 19.1 Å². The number of piperidine rings is 1. The Morgan fingerprint density at radius 2 is 2.07 bits per heavy atom. The standard InChI is InChI=1S/C19H21ClFN3O3/c1-10-8-13(25)15(17(21)16(10)20)18(22)11-4-6-24(7-5-11)19(27)12-2-3-14(26)23-9-12/h2-3,8-9,11,18,25H,4-7,22H2,1H3,(H,23,26). The second-order valence-electron chi connectivity index (χ2n) is 6.85. The van der Waals surface area contributed by atoms with Crippen LogP contribution in [-0.2, 0) is 0 Å². The lowest BCUT2D eigenvalue weighted by Crippen LogP contribution is -2.41. The number of nitrogens with one attached hydrogen (secondary N) is 1. The molecule has 1 fully saturated rings. The van der Waals surface area contributed by atoms with Crippen molar-refractivity contribution in [3.63, 3.8) is 0 Å². The third-order valence-electron chi connectivity index (χ3n) is 5.10. The van der Waals surface area contributed by atoms with Crippen molar-refractivity contribution < 1.29 is 14.3 Å². The number of hydrogen-bond donors (Lipinski definition) is 3. The van der Waals surface area contributed by atoms with Gasteiger partial charge < -0.3 is 20.7 Å². The van der Waals surface area contributed by atoms with Crippen LogP contribution in [0.1, 0.15) is 40.4 Å². The van der Waals surface area contributed by atoms with Crippen LogP contribution in [-0.4, -0.2) is 34.0 Å². The molecule has 1 aromatic heterocycles. The van der Waals surface area contributed by atoms with E-state index >= 15 is 0 Å². The molecular weight excluding hydrogens is 373 g/mol. The number of phenols is 1. The van der Waals surface area contributed by atoms with Crippen molar-refractivity contribution in [1.82, 2.24) is 9.88 Å². The molecule has 0 spiro atoms. The van der Waals surface area contributed by atoms with E-state index in [0.717, 1.165) is 0 Å². The number of aryl methyl sites for hydroxylation is 1. The van der Waals surface area contributed by atoms with Crippen molar-refractivity contribution >= 4 is 17.5 Å². The van der Waals surface area contributed by atoms with Gasteiger partial charge in [-0.15, -0.1) is 0 Å². The lowest BCUT2D eigenvalue weighted by molar-refractivity contribution is 0.0676. The highest BCUT2D eigenvalue weighted by molar-refractivity contribution is 6.31. The first-order chi connectivity index (χ1) is 12.8. The molecule has 1 aliphatic rings. The first kappa shape index (κ1) is 19.4. The predicted molar refractivity (Wildman–Crippen MR) is 100 cm³/mol. The molecule has 1 aromatic carbocycles. The number of aromatic hydroxyl groups is 1. The number of carbonyl (C=O) groups excluding carboxylic acids is 1. The Hall–Kier alpha value is -2.38. The number of nitrogens with zero attached hydrogens (tertiary/aromatic N) is 1. The Morgan fingerprint density at radius 3 is 2.67 bits per heavy atom. The highest BCUT2D eigenvalue weighted by Gasteiger charge is 2.31. The number of phenolic OH excluding ortho intramolecular Hbond substituents is 1. The fourth-order valence-electron chi connectivity index (χ4n) is 3.49. The van der Waals surface area contributed by atoms with Crippen molar-refractivity contribution in [2.75, 3.05) is 13.1 Å². The third-order valence-corrected chi connectivity index (χ3v) is 5.57. The van der Waals surface area contributed by atoms with Crippen LogP contribution in [0.3, 0.4) is 0 Å². The largest absolute Gasteiger partial charge is 0.507 e. The van der Waals surface area contributed by atoms with Crippen LogP contribution in [0.15, 0.2) is 29.2 Å². The summed E-state index contributed by atoms with van der Waals surface area (Å²) in [4.78, 5) is 27.8. The second kappa shape index (κ2) is 7.70. The van der Waals surface area contributed by atoms with Crippen LogP contribution >= 0.6 is 11.6 Å². The quantitative estimate of drug-likeness (QED) is 0.746. The summed E-state index contributed by atoms with van der Waals surface area (Å²) >= 11 is 5.96. The summed E-state index contributed by atoms with van der Waals surface area (Å²) in [6, 6.07) is 3.49. The SMILES string of the molecule is Cc1cc(O)c(C(N)C2CCN(C(=O)c3ccc(=O)[nH]c3)CC2)c(F)c1Cl. The number of aromatic amines is 1. The number of likely N-dealkylation sites (tertiary alicyclic amines) is 1. The fourth-order valence-corrected chi connectivity index (χ4v) is 3.65. The van der Waals surface area contributed by atoms with Crippen molar-refractivity contribution in [1.29, 1.82) is 0 Å². The zero-order valence-electron chi connectivity index (χ0n) is 14.8. The fraction of sp³-hybridized carbons (Fsp3) is 0.368. The lowest BCUT2D eigenvalue weighted by atomic mass is 9.85. The predicted octanol–water partition coefficient (Wildman–Crippen LogP) is 2.73.